The number of aromatic nitrogens is 2. The number of nitrogens with zero attached hydrogens (tertiary/aromatic N) is 3. The lowest BCUT2D eigenvalue weighted by atomic mass is 9.82. The number of hydrogen-bond acceptors (Lipinski definition) is 9. The Labute approximate surface area is 216 Å². The average Bonchev–Trinajstić information content (AvgIpc) is 3.57. The number of amides is 1. The normalized spacial score (nSPS) is 18.8. The Morgan fingerprint density at radius 3 is 2.81 bits per heavy atom. The third-order valence-corrected chi connectivity index (χ3v) is 7.06. The minimum atomic E-state index is -1.77. The molecule has 3 atom stereocenters. The number of benzene rings is 2. The number of nitrogens with one attached hydrogen (secondary N) is 2. The molecule has 0 saturated carbocycles. The van der Waals surface area contributed by atoms with Crippen LogP contribution in [0, 0.1) is 5.41 Å². The number of carbonyl (C=O) groups excluding carboxylic acids is 1. The molecule has 2 aliphatic rings. The van der Waals surface area contributed by atoms with E-state index in [1.54, 1.807) is 12.1 Å². The van der Waals surface area contributed by atoms with Crippen LogP contribution in [0.15, 0.2) is 41.4 Å². The lowest BCUT2D eigenvalue weighted by Gasteiger charge is -2.27. The zero-order chi connectivity index (χ0) is 26.3. The van der Waals surface area contributed by atoms with E-state index in [4.69, 9.17) is 14.5 Å². The number of anilines is 2. The summed E-state index contributed by atoms with van der Waals surface area (Å²) >= 11 is -1.77. The molecule has 37 heavy (non-hydrogen) atoms. The number of likely N-dealkylation sites (tertiary alicyclic amines) is 1. The van der Waals surface area contributed by atoms with E-state index < -0.39 is 17.2 Å². The number of carbonyl (C=O) groups is 1. The molecule has 2 aliphatic heterocycles. The summed E-state index contributed by atoms with van der Waals surface area (Å²) in [5.74, 6) is 0.833. The second kappa shape index (κ2) is 9.69. The van der Waals surface area contributed by atoms with E-state index in [-0.39, 0.29) is 59.0 Å². The summed E-state index contributed by atoms with van der Waals surface area (Å²) in [7, 11) is 0. The molecule has 3 aromatic rings. The van der Waals surface area contributed by atoms with E-state index >= 15 is 0 Å². The molecule has 3 heterocycles. The van der Waals surface area contributed by atoms with Gasteiger partial charge in [-0.25, -0.2) is 0 Å². The summed E-state index contributed by atoms with van der Waals surface area (Å²) in [5, 5.41) is 23.6. The van der Waals surface area contributed by atoms with Crippen molar-refractivity contribution >= 4 is 28.6 Å². The highest BCUT2D eigenvalue weighted by Crippen LogP contribution is 2.41. The van der Waals surface area contributed by atoms with E-state index in [0.29, 0.717) is 24.5 Å². The van der Waals surface area contributed by atoms with E-state index in [9.17, 15) is 19.6 Å². The zero-order valence-electron chi connectivity index (χ0n) is 20.7. The fourth-order valence-corrected chi connectivity index (χ4v) is 5.13. The minimum absolute atomic E-state index is 0.0956. The van der Waals surface area contributed by atoms with Crippen LogP contribution in [0.5, 0.6) is 17.2 Å². The largest absolute Gasteiger partial charge is 0.548 e. The monoisotopic (exact) mass is 527 g/mol. The summed E-state index contributed by atoms with van der Waals surface area (Å²) in [5.41, 5.74) is 1.12. The maximum Gasteiger partial charge on any atom is 0.257 e. The van der Waals surface area contributed by atoms with Crippen molar-refractivity contribution in [3.8, 4) is 17.2 Å². The maximum absolute atomic E-state index is 12.9. The molecule has 2 unspecified atom stereocenters. The topological polar surface area (TPSA) is 155 Å². The van der Waals surface area contributed by atoms with Gasteiger partial charge in [-0.1, -0.05) is 32.9 Å². The van der Waals surface area contributed by atoms with E-state index in [1.165, 1.54) is 11.0 Å². The Hall–Kier alpha value is -3.61. The molecule has 1 aromatic heterocycles. The first-order valence-corrected chi connectivity index (χ1v) is 13.0. The molecule has 1 saturated heterocycles. The number of rotatable bonds is 5. The van der Waals surface area contributed by atoms with Gasteiger partial charge < -0.3 is 34.5 Å². The van der Waals surface area contributed by atoms with Crippen molar-refractivity contribution in [3.63, 3.8) is 0 Å². The lowest BCUT2D eigenvalue weighted by molar-refractivity contribution is 0.0762. The number of H-pyrrole nitrogens is 1. The van der Waals surface area contributed by atoms with Gasteiger partial charge in [0.15, 0.2) is 28.4 Å². The van der Waals surface area contributed by atoms with Crippen LogP contribution < -0.4 is 20.3 Å². The van der Waals surface area contributed by atoms with Crippen LogP contribution >= 0.6 is 11.1 Å². The van der Waals surface area contributed by atoms with Gasteiger partial charge in [0, 0.05) is 17.5 Å². The molecule has 0 spiro atoms. The molecular formula is C25H29N5O6S. The molecule has 11 nitrogen and oxygen atoms in total. The zero-order valence-corrected chi connectivity index (χ0v) is 21.5. The van der Waals surface area contributed by atoms with Crippen molar-refractivity contribution in [2.24, 2.45) is 10.4 Å². The molecule has 2 aromatic carbocycles. The summed E-state index contributed by atoms with van der Waals surface area (Å²) in [6.07, 6.45) is -0.0720. The minimum Gasteiger partial charge on any atom is -0.548 e. The van der Waals surface area contributed by atoms with Gasteiger partial charge in [-0.05, 0) is 41.7 Å². The smallest absolute Gasteiger partial charge is 0.257 e. The third-order valence-electron chi connectivity index (χ3n) is 6.34. The Bertz CT molecular complexity index is 1390. The number of aliphatic hydroxyl groups excluding tert-OH is 1. The Balaban J connectivity index is 1.49. The first-order chi connectivity index (χ1) is 17.6. The number of aromatic amines is 1. The fraction of sp³-hybridized carbons (Fsp3) is 0.400. The van der Waals surface area contributed by atoms with Crippen molar-refractivity contribution in [2.75, 3.05) is 25.2 Å². The van der Waals surface area contributed by atoms with Gasteiger partial charge in [0.25, 0.3) is 5.91 Å². The second-order valence-corrected chi connectivity index (χ2v) is 11.1. The maximum atomic E-state index is 12.9. The molecule has 4 N–H and O–H groups in total. The van der Waals surface area contributed by atoms with Crippen LogP contribution in [0.1, 0.15) is 49.2 Å². The third kappa shape index (κ3) is 5.13. The lowest BCUT2D eigenvalue weighted by Crippen LogP contribution is -2.29. The van der Waals surface area contributed by atoms with Gasteiger partial charge >= 0.3 is 0 Å². The second-order valence-electron chi connectivity index (χ2n) is 10.2. The highest BCUT2D eigenvalue weighted by atomic mass is 32.2. The molecule has 1 amide bonds. The number of phenolic OH excluding ortho intramolecular Hbond substituents is 1. The molecule has 5 rings (SSSR count). The molecule has 0 bridgehead atoms. The number of phenols is 1. The molecule has 1 fully saturated rings. The van der Waals surface area contributed by atoms with Gasteiger partial charge in [-0.15, -0.1) is 4.37 Å². The van der Waals surface area contributed by atoms with E-state index in [0.717, 1.165) is 5.56 Å². The number of para-hydroxylation sites is 1. The van der Waals surface area contributed by atoms with Gasteiger partial charge in [0.2, 0.25) is 18.1 Å². The Morgan fingerprint density at radius 2 is 2.08 bits per heavy atom. The number of aliphatic hydroxyl groups is 1. The molecule has 0 radical (unpaired) electrons. The van der Waals surface area contributed by atoms with Gasteiger partial charge in [-0.2, -0.15) is 0 Å². The molecule has 12 heteroatoms. The Kier molecular flexibility index (Phi) is 6.56. The van der Waals surface area contributed by atoms with Crippen LogP contribution in [0.25, 0.3) is 0 Å². The van der Waals surface area contributed by atoms with Gasteiger partial charge in [0.1, 0.15) is 0 Å². The molecule has 196 valence electrons. The SMILES string of the molecule is CC(C)(C)C(N=c1[nH][s+]([O-])nc1Nc1cccc(C(=O)N2CC[C@@H](O)C2)c1O)c1ccc2c(c1)OCO2. The average molecular weight is 528 g/mol. The number of β-amino-alcohol motifs (C(OH)–C–C–N with tert-alkyl or cyclic N) is 1. The van der Waals surface area contributed by atoms with Crippen LogP contribution in [-0.2, 0) is 0 Å². The summed E-state index contributed by atoms with van der Waals surface area (Å²) in [4.78, 5) is 19.3. The molecular weight excluding hydrogens is 498 g/mol. The number of hydrogen-bond donors (Lipinski definition) is 4. The van der Waals surface area contributed by atoms with Crippen LogP contribution in [0.2, 0.25) is 0 Å². The Morgan fingerprint density at radius 1 is 1.30 bits per heavy atom. The number of fused-ring (bicyclic) bond motifs is 1. The first kappa shape index (κ1) is 25.1. The van der Waals surface area contributed by atoms with E-state index in [2.05, 4.69) is 14.1 Å². The number of aromatic hydroxyl groups is 1. The fourth-order valence-electron chi connectivity index (χ4n) is 4.47. The number of ether oxygens (including phenoxy) is 2. The van der Waals surface area contributed by atoms with Gasteiger partial charge in [-0.3, -0.25) is 9.79 Å². The summed E-state index contributed by atoms with van der Waals surface area (Å²) < 4.78 is 30.2. The standard InChI is InChI=1S/C25H29N5O6S/c1-25(2,3)21(14-7-8-18-19(11-14)36-13-35-18)27-23-22(28-37(34)29-23)26-17-6-4-5-16(20(17)32)24(33)30-10-9-15(31)12-30/h4-8,11,15,21,31-32H,9-10,12-13H2,1-3H3,(H,26,28)(H,27,29)/t15-,21?,37?/m1/s1. The van der Waals surface area contributed by atoms with Crippen molar-refractivity contribution in [1.82, 2.24) is 13.6 Å². The van der Waals surface area contributed by atoms with Crippen LogP contribution in [0.4, 0.5) is 11.5 Å². The predicted molar refractivity (Wildman–Crippen MR) is 135 cm³/mol. The van der Waals surface area contributed by atoms with E-state index in [1.807, 2.05) is 39.0 Å². The van der Waals surface area contributed by atoms with Crippen LogP contribution in [0.3, 0.4) is 0 Å². The van der Waals surface area contributed by atoms with Crippen LogP contribution in [-0.4, -0.2) is 60.3 Å². The van der Waals surface area contributed by atoms with Crippen molar-refractivity contribution < 1.29 is 29.0 Å². The molecule has 0 aliphatic carbocycles. The summed E-state index contributed by atoms with van der Waals surface area (Å²) in [6, 6.07) is 10.0. The first-order valence-electron chi connectivity index (χ1n) is 11.9. The van der Waals surface area contributed by atoms with Crippen molar-refractivity contribution in [3.05, 3.63) is 53.0 Å². The van der Waals surface area contributed by atoms with Crippen molar-refractivity contribution in [2.45, 2.75) is 39.3 Å². The highest BCUT2D eigenvalue weighted by molar-refractivity contribution is 7.13. The van der Waals surface area contributed by atoms with Gasteiger partial charge in [0.05, 0.1) is 23.4 Å². The van der Waals surface area contributed by atoms with Crippen molar-refractivity contribution in [1.29, 1.82) is 0 Å². The highest BCUT2D eigenvalue weighted by Gasteiger charge is 2.30. The quantitative estimate of drug-likeness (QED) is 0.291. The summed E-state index contributed by atoms with van der Waals surface area (Å²) in [6.45, 7) is 6.92. The predicted octanol–water partition coefficient (Wildman–Crippen LogP) is 3.21.